The molecule has 1 fully saturated rings. The van der Waals surface area contributed by atoms with Crippen molar-refractivity contribution in [3.8, 4) is 22.6 Å². The average Bonchev–Trinajstić information content (AvgIpc) is 3.42. The lowest BCUT2D eigenvalue weighted by Gasteiger charge is -2.36. The predicted molar refractivity (Wildman–Crippen MR) is 150 cm³/mol. The lowest BCUT2D eigenvalue weighted by Crippen LogP contribution is -2.35. The summed E-state index contributed by atoms with van der Waals surface area (Å²) >= 11 is 0. The Kier molecular flexibility index (Phi) is 8.53. The minimum absolute atomic E-state index is 0.0279. The molecule has 2 aromatic carbocycles. The summed E-state index contributed by atoms with van der Waals surface area (Å²) in [6.07, 6.45) is 8.82. The van der Waals surface area contributed by atoms with Gasteiger partial charge in [-0.2, -0.15) is 0 Å². The molecule has 2 N–H and O–H groups in total. The van der Waals surface area contributed by atoms with Gasteiger partial charge >= 0.3 is 0 Å². The third kappa shape index (κ3) is 6.38. The third-order valence-electron chi connectivity index (χ3n) is 6.89. The van der Waals surface area contributed by atoms with Crippen LogP contribution in [0.5, 0.6) is 0 Å². The van der Waals surface area contributed by atoms with E-state index in [1.54, 1.807) is 31.5 Å². The van der Waals surface area contributed by atoms with Crippen molar-refractivity contribution in [2.45, 2.75) is 29.9 Å². The van der Waals surface area contributed by atoms with E-state index in [1.807, 2.05) is 42.6 Å². The van der Waals surface area contributed by atoms with Crippen LogP contribution in [-0.4, -0.2) is 45.3 Å². The highest BCUT2D eigenvalue weighted by molar-refractivity contribution is 7.89. The molecule has 0 unspecified atom stereocenters. The molecule has 40 heavy (non-hydrogen) atoms. The van der Waals surface area contributed by atoms with Gasteiger partial charge in [-0.3, -0.25) is 4.98 Å². The number of nitrogens with zero attached hydrogens (tertiary/aromatic N) is 2. The summed E-state index contributed by atoms with van der Waals surface area (Å²) in [5.74, 6) is 0.925. The van der Waals surface area contributed by atoms with Crippen LogP contribution < -0.4 is 5.14 Å². The summed E-state index contributed by atoms with van der Waals surface area (Å²) < 4.78 is 46.7. The zero-order chi connectivity index (χ0) is 28.0. The van der Waals surface area contributed by atoms with E-state index in [4.69, 9.17) is 23.8 Å². The Morgan fingerprint density at radius 3 is 2.48 bits per heavy atom. The molecule has 0 aliphatic carbocycles. The lowest BCUT2D eigenvalue weighted by atomic mass is 9.86. The van der Waals surface area contributed by atoms with Gasteiger partial charge in [-0.15, -0.1) is 0 Å². The largest absolute Gasteiger partial charge is 0.436 e. The van der Waals surface area contributed by atoms with Gasteiger partial charge in [0.25, 0.3) is 0 Å². The first-order valence-corrected chi connectivity index (χ1v) is 14.4. The van der Waals surface area contributed by atoms with Crippen molar-refractivity contribution in [2.24, 2.45) is 5.14 Å². The Morgan fingerprint density at radius 1 is 1.02 bits per heavy atom. The summed E-state index contributed by atoms with van der Waals surface area (Å²) in [4.78, 5) is 9.11. The van der Waals surface area contributed by atoms with Crippen molar-refractivity contribution in [1.29, 1.82) is 0 Å². The number of aromatic nitrogens is 2. The fraction of sp³-hybridized carbons (Fsp3) is 0.267. The number of benzene rings is 2. The standard InChI is InChI=1S/C30H31N3O6S/c1-36-30(13-16-37-17-14-30)25-18-22(19-32-20-25)21-38-15-5-8-27-33-28(23-6-3-2-4-7-23)29(39-27)24-9-11-26(12-10-24)40(31,34)35/h2-12,18-20H,13-17,21H2,1H3,(H2,31,34,35). The van der Waals surface area contributed by atoms with Crippen molar-refractivity contribution >= 4 is 16.1 Å². The molecule has 0 spiro atoms. The number of hydrogen-bond donors (Lipinski definition) is 1. The number of rotatable bonds is 10. The summed E-state index contributed by atoms with van der Waals surface area (Å²) in [6.45, 7) is 2.06. The SMILES string of the molecule is COC1(c2cncc(COCC=Cc3nc(-c4ccccc4)c(-c4ccc(S(N)(=O)=O)cc4)o3)c2)CCOCC1. The number of oxazole rings is 1. The number of sulfonamides is 1. The molecule has 0 amide bonds. The highest BCUT2D eigenvalue weighted by Gasteiger charge is 2.34. The number of pyridine rings is 1. The molecule has 0 saturated carbocycles. The van der Waals surface area contributed by atoms with Gasteiger partial charge in [0.15, 0.2) is 5.76 Å². The summed E-state index contributed by atoms with van der Waals surface area (Å²) in [7, 11) is -2.06. The van der Waals surface area contributed by atoms with E-state index >= 15 is 0 Å². The van der Waals surface area contributed by atoms with Crippen molar-refractivity contribution in [1.82, 2.24) is 9.97 Å². The fourth-order valence-corrected chi connectivity index (χ4v) is 5.23. The fourth-order valence-electron chi connectivity index (χ4n) is 4.71. The molecule has 0 radical (unpaired) electrons. The summed E-state index contributed by atoms with van der Waals surface area (Å²) in [6, 6.07) is 17.9. The average molecular weight is 562 g/mol. The Morgan fingerprint density at radius 2 is 1.77 bits per heavy atom. The minimum Gasteiger partial charge on any atom is -0.436 e. The molecule has 208 valence electrons. The molecule has 4 aromatic rings. The number of nitrogens with two attached hydrogens (primary N) is 1. The maximum Gasteiger partial charge on any atom is 0.238 e. The van der Waals surface area contributed by atoms with E-state index in [0.717, 1.165) is 29.5 Å². The number of ether oxygens (including phenoxy) is 3. The quantitative estimate of drug-likeness (QED) is 0.270. The van der Waals surface area contributed by atoms with Gasteiger partial charge in [-0.1, -0.05) is 36.4 Å². The van der Waals surface area contributed by atoms with Gasteiger partial charge < -0.3 is 18.6 Å². The molecule has 1 saturated heterocycles. The Bertz CT molecular complexity index is 1560. The van der Waals surface area contributed by atoms with E-state index in [2.05, 4.69) is 16.0 Å². The van der Waals surface area contributed by atoms with E-state index in [0.29, 0.717) is 49.3 Å². The van der Waals surface area contributed by atoms with Crippen LogP contribution >= 0.6 is 0 Å². The Labute approximate surface area is 233 Å². The monoisotopic (exact) mass is 561 g/mol. The van der Waals surface area contributed by atoms with E-state index < -0.39 is 10.0 Å². The second-order valence-electron chi connectivity index (χ2n) is 9.48. The normalized spacial score (nSPS) is 15.4. The van der Waals surface area contributed by atoms with Crippen molar-refractivity contribution in [2.75, 3.05) is 26.9 Å². The number of hydrogen-bond acceptors (Lipinski definition) is 8. The molecule has 5 rings (SSSR count). The highest BCUT2D eigenvalue weighted by Crippen LogP contribution is 2.36. The molecule has 9 nitrogen and oxygen atoms in total. The lowest BCUT2D eigenvalue weighted by molar-refractivity contribution is -0.0950. The molecular weight excluding hydrogens is 530 g/mol. The summed E-state index contributed by atoms with van der Waals surface area (Å²) in [5, 5.41) is 5.24. The van der Waals surface area contributed by atoms with Crippen LogP contribution in [0.15, 0.2) is 88.4 Å². The zero-order valence-electron chi connectivity index (χ0n) is 22.2. The van der Waals surface area contributed by atoms with E-state index in [9.17, 15) is 8.42 Å². The van der Waals surface area contributed by atoms with E-state index in [-0.39, 0.29) is 10.5 Å². The zero-order valence-corrected chi connectivity index (χ0v) is 23.0. The van der Waals surface area contributed by atoms with Crippen LogP contribution in [0.1, 0.15) is 29.9 Å². The van der Waals surface area contributed by atoms with Crippen molar-refractivity contribution < 1.29 is 27.0 Å². The van der Waals surface area contributed by atoms with Gasteiger partial charge in [0.05, 0.1) is 23.7 Å². The van der Waals surface area contributed by atoms with Gasteiger partial charge in [-0.25, -0.2) is 18.5 Å². The number of primary sulfonamides is 1. The van der Waals surface area contributed by atoms with Crippen LogP contribution in [0.3, 0.4) is 0 Å². The molecular formula is C30H31N3O6S. The van der Waals surface area contributed by atoms with Crippen molar-refractivity contribution in [3.05, 3.63) is 96.2 Å². The van der Waals surface area contributed by atoms with Crippen LogP contribution in [0.25, 0.3) is 28.7 Å². The van der Waals surface area contributed by atoms with Crippen molar-refractivity contribution in [3.63, 3.8) is 0 Å². The first-order valence-electron chi connectivity index (χ1n) is 12.9. The molecule has 3 heterocycles. The highest BCUT2D eigenvalue weighted by atomic mass is 32.2. The van der Waals surface area contributed by atoms with Crippen LogP contribution in [0.4, 0.5) is 0 Å². The molecule has 10 heteroatoms. The molecule has 0 atom stereocenters. The molecule has 1 aliphatic heterocycles. The van der Waals surface area contributed by atoms with Gasteiger partial charge in [0.2, 0.25) is 15.9 Å². The third-order valence-corrected chi connectivity index (χ3v) is 7.82. The minimum atomic E-state index is -3.80. The van der Waals surface area contributed by atoms with Crippen LogP contribution in [0, 0.1) is 0 Å². The predicted octanol–water partition coefficient (Wildman–Crippen LogP) is 4.93. The second kappa shape index (κ2) is 12.2. The first-order chi connectivity index (χ1) is 19.4. The van der Waals surface area contributed by atoms with Gasteiger partial charge in [0, 0.05) is 62.2 Å². The summed E-state index contributed by atoms with van der Waals surface area (Å²) in [5.41, 5.74) is 3.82. The number of methoxy groups -OCH3 is 1. The Hall–Kier alpha value is -3.67. The Balaban J connectivity index is 1.28. The van der Waals surface area contributed by atoms with E-state index in [1.165, 1.54) is 12.1 Å². The molecule has 1 aliphatic rings. The first kappa shape index (κ1) is 27.9. The van der Waals surface area contributed by atoms with Gasteiger partial charge in [-0.05, 0) is 42.0 Å². The maximum absolute atomic E-state index is 11.7. The molecule has 2 aromatic heterocycles. The topological polar surface area (TPSA) is 127 Å². The smallest absolute Gasteiger partial charge is 0.238 e. The second-order valence-corrected chi connectivity index (χ2v) is 11.0. The van der Waals surface area contributed by atoms with Crippen LogP contribution in [0.2, 0.25) is 0 Å². The van der Waals surface area contributed by atoms with Crippen LogP contribution in [-0.2, 0) is 36.4 Å². The maximum atomic E-state index is 11.7. The van der Waals surface area contributed by atoms with Gasteiger partial charge in [0.1, 0.15) is 5.69 Å². The molecule has 0 bridgehead atoms.